The lowest BCUT2D eigenvalue weighted by Gasteiger charge is -2.30. The van der Waals surface area contributed by atoms with Crippen LogP contribution in [0.1, 0.15) is 57.9 Å². The van der Waals surface area contributed by atoms with E-state index in [0.29, 0.717) is 37.1 Å². The van der Waals surface area contributed by atoms with Gasteiger partial charge in [-0.25, -0.2) is 4.39 Å². The number of benzene rings is 1. The number of hydrogen-bond donors (Lipinski definition) is 1. The normalized spacial score (nSPS) is 14.6. The van der Waals surface area contributed by atoms with E-state index in [0.717, 1.165) is 11.3 Å². The first-order chi connectivity index (χ1) is 15.7. The van der Waals surface area contributed by atoms with Crippen LogP contribution in [-0.4, -0.2) is 33.1 Å². The van der Waals surface area contributed by atoms with Gasteiger partial charge in [-0.15, -0.1) is 0 Å². The van der Waals surface area contributed by atoms with E-state index in [9.17, 15) is 18.8 Å². The van der Waals surface area contributed by atoms with E-state index >= 15 is 0 Å². The number of nitrogens with zero attached hydrogens (tertiary/aromatic N) is 2. The van der Waals surface area contributed by atoms with Gasteiger partial charge in [0, 0.05) is 49.1 Å². The molecule has 2 aromatic heterocycles. The van der Waals surface area contributed by atoms with Gasteiger partial charge in [0.25, 0.3) is 11.5 Å². The average Bonchev–Trinajstić information content (AvgIpc) is 2.77. The van der Waals surface area contributed by atoms with Crippen LogP contribution in [-0.2, 0) is 19.4 Å². The maximum absolute atomic E-state index is 13.5. The van der Waals surface area contributed by atoms with Crippen molar-refractivity contribution in [2.45, 2.75) is 39.7 Å². The number of pyridine rings is 2. The summed E-state index contributed by atoms with van der Waals surface area (Å²) < 4.78 is 13.4. The van der Waals surface area contributed by atoms with Crippen LogP contribution < -0.4 is 5.56 Å². The predicted octanol–water partition coefficient (Wildman–Crippen LogP) is 3.95. The number of fused-ring (bicyclic) bond motifs is 1. The molecule has 0 radical (unpaired) electrons. The van der Waals surface area contributed by atoms with Crippen LogP contribution in [0.25, 0.3) is 0 Å². The Morgan fingerprint density at radius 1 is 1.12 bits per heavy atom. The molecule has 0 aliphatic heterocycles. The fourth-order valence-corrected chi connectivity index (χ4v) is 4.22. The molecule has 170 valence electrons. The molecule has 33 heavy (non-hydrogen) atoms. The number of carbonyl (C=O) groups excluding carboxylic acids is 2. The summed E-state index contributed by atoms with van der Waals surface area (Å²) in [6.07, 6.45) is 3.10. The molecule has 6 nitrogen and oxygen atoms in total. The molecule has 1 N–H and O–H groups in total. The van der Waals surface area contributed by atoms with E-state index in [1.54, 1.807) is 18.3 Å². The van der Waals surface area contributed by atoms with Gasteiger partial charge in [0.1, 0.15) is 11.4 Å². The van der Waals surface area contributed by atoms with Crippen molar-refractivity contribution >= 4 is 11.7 Å². The number of amides is 1. The van der Waals surface area contributed by atoms with Gasteiger partial charge in [0.2, 0.25) is 0 Å². The molecule has 0 bridgehead atoms. The molecule has 1 aliphatic carbocycles. The lowest BCUT2D eigenvalue weighted by atomic mass is 9.75. The maximum atomic E-state index is 13.5. The maximum Gasteiger partial charge on any atom is 0.261 e. The molecule has 0 saturated heterocycles. The number of H-pyrrole nitrogens is 1. The molecular weight excluding hydrogens is 421 g/mol. The molecule has 3 aromatic rings. The van der Waals surface area contributed by atoms with Crippen molar-refractivity contribution in [3.8, 4) is 0 Å². The van der Waals surface area contributed by atoms with Crippen molar-refractivity contribution in [1.82, 2.24) is 14.9 Å². The Hall–Kier alpha value is -3.61. The van der Waals surface area contributed by atoms with E-state index in [2.05, 4.69) is 9.97 Å². The predicted molar refractivity (Wildman–Crippen MR) is 123 cm³/mol. The molecule has 0 saturated carbocycles. The molecule has 1 aliphatic rings. The van der Waals surface area contributed by atoms with Crippen molar-refractivity contribution in [2.75, 3.05) is 6.54 Å². The molecule has 0 fully saturated rings. The van der Waals surface area contributed by atoms with Gasteiger partial charge < -0.3 is 9.88 Å². The highest BCUT2D eigenvalue weighted by Gasteiger charge is 2.33. The Bertz CT molecular complexity index is 1230. The van der Waals surface area contributed by atoms with Gasteiger partial charge in [-0.3, -0.25) is 19.4 Å². The monoisotopic (exact) mass is 447 g/mol. The second kappa shape index (κ2) is 9.10. The zero-order valence-electron chi connectivity index (χ0n) is 18.7. The number of rotatable bonds is 6. The summed E-state index contributed by atoms with van der Waals surface area (Å²) in [6.45, 7) is 4.47. The fourth-order valence-electron chi connectivity index (χ4n) is 4.22. The average molecular weight is 448 g/mol. The number of aromatic amines is 1. The third kappa shape index (κ3) is 5.25. The largest absolute Gasteiger partial charge is 0.334 e. The Morgan fingerprint density at radius 3 is 2.58 bits per heavy atom. The Kier molecular flexibility index (Phi) is 6.22. The summed E-state index contributed by atoms with van der Waals surface area (Å²) in [7, 11) is 0. The van der Waals surface area contributed by atoms with Crippen LogP contribution >= 0.6 is 0 Å². The smallest absolute Gasteiger partial charge is 0.261 e. The van der Waals surface area contributed by atoms with Gasteiger partial charge >= 0.3 is 0 Å². The fraction of sp³-hybridized carbons (Fsp3) is 0.308. The van der Waals surface area contributed by atoms with Crippen molar-refractivity contribution in [3.05, 3.63) is 99.0 Å². The van der Waals surface area contributed by atoms with Gasteiger partial charge in [-0.1, -0.05) is 32.0 Å². The number of aromatic nitrogens is 2. The first-order valence-electron chi connectivity index (χ1n) is 10.9. The molecule has 1 amide bonds. The molecule has 7 heteroatoms. The number of hydrogen-bond acceptors (Lipinski definition) is 4. The third-order valence-electron chi connectivity index (χ3n) is 5.89. The second-order valence-electron chi connectivity index (χ2n) is 9.27. The lowest BCUT2D eigenvalue weighted by Crippen LogP contribution is -2.38. The number of ketones is 1. The van der Waals surface area contributed by atoms with Crippen molar-refractivity contribution in [1.29, 1.82) is 0 Å². The highest BCUT2D eigenvalue weighted by molar-refractivity contribution is 6.02. The van der Waals surface area contributed by atoms with Gasteiger partial charge in [-0.2, -0.15) is 0 Å². The number of carbonyl (C=O) groups is 2. The van der Waals surface area contributed by atoms with Crippen LogP contribution in [0, 0.1) is 11.2 Å². The molecule has 2 heterocycles. The van der Waals surface area contributed by atoms with Gasteiger partial charge in [-0.05, 0) is 47.7 Å². The van der Waals surface area contributed by atoms with Crippen LogP contribution in [0.2, 0.25) is 0 Å². The zero-order chi connectivity index (χ0) is 23.6. The summed E-state index contributed by atoms with van der Waals surface area (Å²) in [5.74, 6) is -0.917. The minimum atomic E-state index is -0.508. The van der Waals surface area contributed by atoms with E-state index in [4.69, 9.17) is 0 Å². The molecule has 0 atom stereocenters. The second-order valence-corrected chi connectivity index (χ2v) is 9.27. The van der Waals surface area contributed by atoms with Crippen LogP contribution in [0.5, 0.6) is 0 Å². The molecule has 4 rings (SSSR count). The highest BCUT2D eigenvalue weighted by Crippen LogP contribution is 2.33. The van der Waals surface area contributed by atoms with Crippen LogP contribution in [0.15, 0.2) is 59.5 Å². The molecule has 0 unspecified atom stereocenters. The minimum absolute atomic E-state index is 0.0649. The standard InChI is InChI=1S/C26H26FN3O3/c1-26(2)14-22-20(23(31)15-26)13-21(24(32)29-22)25(33)30(12-10-19-5-3-4-11-28-19)16-17-6-8-18(27)9-7-17/h3-9,11,13H,10,12,14-16H2,1-2H3,(H,29,32). The summed E-state index contributed by atoms with van der Waals surface area (Å²) in [4.78, 5) is 47.6. The Morgan fingerprint density at radius 2 is 1.88 bits per heavy atom. The third-order valence-corrected chi connectivity index (χ3v) is 5.89. The number of halogens is 1. The Labute approximate surface area is 191 Å². The number of Topliss-reactive ketones (excluding diaryl/α,β-unsaturated/α-hetero) is 1. The van der Waals surface area contributed by atoms with Crippen LogP contribution in [0.4, 0.5) is 4.39 Å². The topological polar surface area (TPSA) is 83.1 Å². The van der Waals surface area contributed by atoms with Crippen LogP contribution in [0.3, 0.4) is 0 Å². The quantitative estimate of drug-likeness (QED) is 0.620. The summed E-state index contributed by atoms with van der Waals surface area (Å²) >= 11 is 0. The Balaban J connectivity index is 1.65. The zero-order valence-corrected chi connectivity index (χ0v) is 18.7. The molecular formula is C26H26FN3O3. The lowest BCUT2D eigenvalue weighted by molar-refractivity contribution is 0.0742. The van der Waals surface area contributed by atoms with Crippen molar-refractivity contribution in [2.24, 2.45) is 5.41 Å². The first kappa shape index (κ1) is 22.6. The van der Waals surface area contributed by atoms with E-state index in [-0.39, 0.29) is 29.1 Å². The number of nitrogens with one attached hydrogen (secondary N) is 1. The summed E-state index contributed by atoms with van der Waals surface area (Å²) in [5.41, 5.74) is 1.72. The van der Waals surface area contributed by atoms with E-state index in [1.165, 1.54) is 23.1 Å². The SMILES string of the molecule is CC1(C)CC(=O)c2cc(C(=O)N(CCc3ccccn3)Cc3ccc(F)cc3)c(=O)[nH]c2C1. The highest BCUT2D eigenvalue weighted by atomic mass is 19.1. The molecule has 1 aromatic carbocycles. The van der Waals surface area contributed by atoms with E-state index < -0.39 is 11.5 Å². The molecule has 0 spiro atoms. The summed E-state index contributed by atoms with van der Waals surface area (Å²) in [6, 6.07) is 12.9. The van der Waals surface area contributed by atoms with Crippen molar-refractivity contribution < 1.29 is 14.0 Å². The minimum Gasteiger partial charge on any atom is -0.334 e. The van der Waals surface area contributed by atoms with Gasteiger partial charge in [0.15, 0.2) is 5.78 Å². The first-order valence-corrected chi connectivity index (χ1v) is 10.9. The summed E-state index contributed by atoms with van der Waals surface area (Å²) in [5, 5.41) is 0. The van der Waals surface area contributed by atoms with Gasteiger partial charge in [0.05, 0.1) is 0 Å². The van der Waals surface area contributed by atoms with Crippen molar-refractivity contribution in [3.63, 3.8) is 0 Å². The van der Waals surface area contributed by atoms with E-state index in [1.807, 2.05) is 32.0 Å².